The third-order valence-electron chi connectivity index (χ3n) is 5.87. The van der Waals surface area contributed by atoms with E-state index in [1.165, 1.54) is 31.2 Å². The molecule has 0 bridgehead atoms. The monoisotopic (exact) mass is 386 g/mol. The number of hydrogen-bond acceptors (Lipinski definition) is 3. The highest BCUT2D eigenvalue weighted by molar-refractivity contribution is 5.94. The van der Waals surface area contributed by atoms with Gasteiger partial charge in [0.1, 0.15) is 0 Å². The zero-order valence-corrected chi connectivity index (χ0v) is 17.2. The largest absolute Gasteiger partial charge is 0.378 e. The molecule has 1 fully saturated rings. The first kappa shape index (κ1) is 20.6. The maximum absolute atomic E-state index is 12.0. The Balaban J connectivity index is 1.48. The highest BCUT2D eigenvalue weighted by Gasteiger charge is 2.26. The molecule has 0 saturated heterocycles. The van der Waals surface area contributed by atoms with Crippen LogP contribution in [0.4, 0.5) is 5.69 Å². The fraction of sp³-hybridized carbons (Fsp3) is 0.636. The summed E-state index contributed by atoms with van der Waals surface area (Å²) >= 11 is 0. The summed E-state index contributed by atoms with van der Waals surface area (Å²) < 4.78 is 6.00. The molecule has 0 aromatic heterocycles. The Labute approximate surface area is 168 Å². The predicted octanol–water partition coefficient (Wildman–Crippen LogP) is 3.26. The minimum Gasteiger partial charge on any atom is -0.378 e. The van der Waals surface area contributed by atoms with Gasteiger partial charge in [0.2, 0.25) is 5.91 Å². The highest BCUT2D eigenvalue weighted by Crippen LogP contribution is 2.32. The van der Waals surface area contributed by atoms with Gasteiger partial charge in [-0.25, -0.2) is 0 Å². The first-order valence-corrected chi connectivity index (χ1v) is 10.7. The van der Waals surface area contributed by atoms with Crippen molar-refractivity contribution >= 4 is 17.6 Å². The molecule has 154 valence electrons. The van der Waals surface area contributed by atoms with Crippen molar-refractivity contribution in [2.75, 3.05) is 32.1 Å². The summed E-state index contributed by atoms with van der Waals surface area (Å²) in [5.74, 6) is 1.71. The lowest BCUT2D eigenvalue weighted by Gasteiger charge is -2.27. The summed E-state index contributed by atoms with van der Waals surface area (Å²) in [5.41, 5.74) is 2.10. The van der Waals surface area contributed by atoms with E-state index in [0.29, 0.717) is 25.0 Å². The van der Waals surface area contributed by atoms with Crippen molar-refractivity contribution in [2.45, 2.75) is 57.5 Å². The first-order chi connectivity index (χ1) is 13.7. The standard InChI is InChI=1S/C22H34N4O2/c1-3-28-20(16-8-4-5-9-16)12-13-24-22(23-2)25-15-17-14-21(27)26-19-11-7-6-10-18(17)19/h6-7,10-11,16-17,20H,3-5,8-9,12-15H2,1-2H3,(H,26,27)(H2,23,24,25). The molecule has 3 rings (SSSR count). The normalized spacial score (nSPS) is 21.1. The number of fused-ring (bicyclic) bond motifs is 1. The van der Waals surface area contributed by atoms with Gasteiger partial charge in [-0.2, -0.15) is 0 Å². The molecule has 6 heteroatoms. The van der Waals surface area contributed by atoms with Crippen LogP contribution in [0.1, 0.15) is 56.9 Å². The van der Waals surface area contributed by atoms with Gasteiger partial charge in [0.25, 0.3) is 0 Å². The molecule has 3 N–H and O–H groups in total. The van der Waals surface area contributed by atoms with E-state index >= 15 is 0 Å². The SMILES string of the molecule is CCOC(CCNC(=NC)NCC1CC(=O)Nc2ccccc21)C1CCCC1. The Hall–Kier alpha value is -2.08. The molecule has 1 amide bonds. The number of ether oxygens (including phenoxy) is 1. The van der Waals surface area contributed by atoms with Crippen LogP contribution in [0.5, 0.6) is 0 Å². The summed E-state index contributed by atoms with van der Waals surface area (Å²) in [6, 6.07) is 8.02. The number of anilines is 1. The molecule has 1 aliphatic heterocycles. The molecule has 1 aliphatic carbocycles. The first-order valence-electron chi connectivity index (χ1n) is 10.7. The minimum absolute atomic E-state index is 0.0737. The van der Waals surface area contributed by atoms with Gasteiger partial charge in [-0.3, -0.25) is 9.79 Å². The van der Waals surface area contributed by atoms with E-state index in [9.17, 15) is 4.79 Å². The third kappa shape index (κ3) is 5.47. The molecular weight excluding hydrogens is 352 g/mol. The van der Waals surface area contributed by atoms with E-state index in [-0.39, 0.29) is 11.8 Å². The summed E-state index contributed by atoms with van der Waals surface area (Å²) in [5, 5.41) is 9.76. The number of amides is 1. The van der Waals surface area contributed by atoms with Crippen LogP contribution in [0.15, 0.2) is 29.3 Å². The summed E-state index contributed by atoms with van der Waals surface area (Å²) in [4.78, 5) is 16.3. The maximum Gasteiger partial charge on any atom is 0.225 e. The molecule has 0 radical (unpaired) electrons. The van der Waals surface area contributed by atoms with Gasteiger partial charge in [-0.05, 0) is 43.7 Å². The van der Waals surface area contributed by atoms with Crippen molar-refractivity contribution in [3.05, 3.63) is 29.8 Å². The van der Waals surface area contributed by atoms with Crippen molar-refractivity contribution in [2.24, 2.45) is 10.9 Å². The molecule has 1 heterocycles. The van der Waals surface area contributed by atoms with Crippen molar-refractivity contribution in [1.29, 1.82) is 0 Å². The Bertz CT molecular complexity index is 670. The zero-order valence-electron chi connectivity index (χ0n) is 17.2. The summed E-state index contributed by atoms with van der Waals surface area (Å²) in [6.45, 7) is 4.37. The lowest BCUT2D eigenvalue weighted by Crippen LogP contribution is -2.42. The lowest BCUT2D eigenvalue weighted by atomic mass is 9.90. The fourth-order valence-electron chi connectivity index (χ4n) is 4.46. The number of nitrogens with one attached hydrogen (secondary N) is 3. The molecule has 28 heavy (non-hydrogen) atoms. The number of hydrogen-bond donors (Lipinski definition) is 3. The van der Waals surface area contributed by atoms with Gasteiger partial charge in [-0.1, -0.05) is 31.0 Å². The van der Waals surface area contributed by atoms with Gasteiger partial charge in [0.15, 0.2) is 5.96 Å². The van der Waals surface area contributed by atoms with E-state index in [2.05, 4.69) is 33.9 Å². The van der Waals surface area contributed by atoms with Crippen LogP contribution < -0.4 is 16.0 Å². The number of guanidine groups is 1. The molecule has 1 saturated carbocycles. The number of rotatable bonds is 8. The summed E-state index contributed by atoms with van der Waals surface area (Å²) in [6.07, 6.45) is 7.08. The number of carbonyl (C=O) groups excluding carboxylic acids is 1. The molecule has 1 aromatic carbocycles. The number of carbonyl (C=O) groups is 1. The van der Waals surface area contributed by atoms with Crippen molar-refractivity contribution in [3.8, 4) is 0 Å². The minimum atomic E-state index is 0.0737. The van der Waals surface area contributed by atoms with Gasteiger partial charge in [-0.15, -0.1) is 0 Å². The third-order valence-corrected chi connectivity index (χ3v) is 5.87. The second kappa shape index (κ2) is 10.5. The van der Waals surface area contributed by atoms with E-state index in [1.807, 2.05) is 18.2 Å². The van der Waals surface area contributed by atoms with Gasteiger partial charge >= 0.3 is 0 Å². The van der Waals surface area contributed by atoms with E-state index in [1.54, 1.807) is 7.05 Å². The Morgan fingerprint density at radius 2 is 2.07 bits per heavy atom. The zero-order chi connectivity index (χ0) is 19.8. The lowest BCUT2D eigenvalue weighted by molar-refractivity contribution is -0.116. The van der Waals surface area contributed by atoms with E-state index in [0.717, 1.165) is 31.2 Å². The second-order valence-corrected chi connectivity index (χ2v) is 7.74. The van der Waals surface area contributed by atoms with E-state index < -0.39 is 0 Å². The highest BCUT2D eigenvalue weighted by atomic mass is 16.5. The molecule has 1 aromatic rings. The van der Waals surface area contributed by atoms with Crippen molar-refractivity contribution < 1.29 is 9.53 Å². The van der Waals surface area contributed by atoms with Crippen molar-refractivity contribution in [3.63, 3.8) is 0 Å². The number of benzene rings is 1. The van der Waals surface area contributed by atoms with E-state index in [4.69, 9.17) is 4.74 Å². The Morgan fingerprint density at radius 1 is 1.29 bits per heavy atom. The molecule has 2 aliphatic rings. The van der Waals surface area contributed by atoms with Crippen LogP contribution in [0, 0.1) is 5.92 Å². The second-order valence-electron chi connectivity index (χ2n) is 7.74. The van der Waals surface area contributed by atoms with Crippen LogP contribution in [0.25, 0.3) is 0 Å². The van der Waals surface area contributed by atoms with Crippen LogP contribution in [-0.4, -0.2) is 44.7 Å². The fourth-order valence-corrected chi connectivity index (χ4v) is 4.46. The molecule has 2 atom stereocenters. The van der Waals surface area contributed by atoms with Crippen molar-refractivity contribution in [1.82, 2.24) is 10.6 Å². The topological polar surface area (TPSA) is 74.8 Å². The number of nitrogens with zero attached hydrogens (tertiary/aromatic N) is 1. The van der Waals surface area contributed by atoms with Gasteiger partial charge in [0.05, 0.1) is 6.10 Å². The predicted molar refractivity (Wildman–Crippen MR) is 114 cm³/mol. The molecule has 6 nitrogen and oxygen atoms in total. The van der Waals surface area contributed by atoms with Crippen LogP contribution in [-0.2, 0) is 9.53 Å². The van der Waals surface area contributed by atoms with Crippen LogP contribution in [0.2, 0.25) is 0 Å². The smallest absolute Gasteiger partial charge is 0.225 e. The maximum atomic E-state index is 12.0. The average Bonchev–Trinajstić information content (AvgIpc) is 3.24. The quantitative estimate of drug-likeness (QED) is 0.474. The number of aliphatic imine (C=N–C) groups is 1. The Kier molecular flexibility index (Phi) is 7.71. The molecule has 2 unspecified atom stereocenters. The molecular formula is C22H34N4O2. The summed E-state index contributed by atoms with van der Waals surface area (Å²) in [7, 11) is 1.79. The van der Waals surface area contributed by atoms with Crippen LogP contribution in [0.3, 0.4) is 0 Å². The van der Waals surface area contributed by atoms with Gasteiger partial charge in [0, 0.05) is 44.8 Å². The van der Waals surface area contributed by atoms with Gasteiger partial charge < -0.3 is 20.7 Å². The number of para-hydroxylation sites is 1. The average molecular weight is 387 g/mol. The Morgan fingerprint density at radius 3 is 2.82 bits per heavy atom. The molecule has 0 spiro atoms. The van der Waals surface area contributed by atoms with Crippen LogP contribution >= 0.6 is 0 Å².